The normalized spacial score (nSPS) is 32.1. The smallest absolute Gasteiger partial charge is 0.0125 e. The van der Waals surface area contributed by atoms with Crippen LogP contribution in [0.25, 0.3) is 0 Å². The van der Waals surface area contributed by atoms with E-state index in [-0.39, 0.29) is 0 Å². The Morgan fingerprint density at radius 1 is 1.38 bits per heavy atom. The average molecular weight is 184 g/mol. The zero-order chi connectivity index (χ0) is 10.1. The molecule has 78 valence electrons. The van der Waals surface area contributed by atoms with Crippen LogP contribution in [0, 0.1) is 5.92 Å². The minimum Gasteiger partial charge on any atom is -0.327 e. The number of hydrogen-bond acceptors (Lipinski definition) is 2. The van der Waals surface area contributed by atoms with Gasteiger partial charge in [0.25, 0.3) is 0 Å². The van der Waals surface area contributed by atoms with Gasteiger partial charge >= 0.3 is 0 Å². The molecule has 1 aliphatic heterocycles. The largest absolute Gasteiger partial charge is 0.327 e. The molecule has 0 amide bonds. The molecule has 1 aliphatic rings. The first-order valence-electron chi connectivity index (χ1n) is 5.45. The zero-order valence-electron chi connectivity index (χ0n) is 9.51. The second-order valence-electron chi connectivity index (χ2n) is 5.24. The number of hydrogen-bond donors (Lipinski definition) is 1. The molecule has 0 saturated carbocycles. The van der Waals surface area contributed by atoms with Gasteiger partial charge in [0.1, 0.15) is 0 Å². The molecule has 0 aromatic carbocycles. The molecular weight excluding hydrogens is 160 g/mol. The van der Waals surface area contributed by atoms with Crippen molar-refractivity contribution >= 4 is 0 Å². The summed E-state index contributed by atoms with van der Waals surface area (Å²) in [5.41, 5.74) is 6.38. The first-order chi connectivity index (χ1) is 5.95. The summed E-state index contributed by atoms with van der Waals surface area (Å²) in [6.45, 7) is 11.5. The third-order valence-corrected chi connectivity index (χ3v) is 3.27. The van der Waals surface area contributed by atoms with Gasteiger partial charge in [0.15, 0.2) is 0 Å². The summed E-state index contributed by atoms with van der Waals surface area (Å²) in [6.07, 6.45) is 2.38. The molecular formula is C11H24N2. The van der Waals surface area contributed by atoms with Gasteiger partial charge in [-0.05, 0) is 33.1 Å². The van der Waals surface area contributed by atoms with Crippen molar-refractivity contribution in [1.82, 2.24) is 4.90 Å². The van der Waals surface area contributed by atoms with E-state index in [2.05, 4.69) is 32.6 Å². The maximum Gasteiger partial charge on any atom is 0.0125 e. The van der Waals surface area contributed by atoms with Crippen LogP contribution < -0.4 is 5.73 Å². The summed E-state index contributed by atoms with van der Waals surface area (Å²) in [6, 6.07) is 0.434. The molecule has 0 unspecified atom stereocenters. The van der Waals surface area contributed by atoms with Crippen LogP contribution in [-0.2, 0) is 0 Å². The maximum absolute atomic E-state index is 6.07. The summed E-state index contributed by atoms with van der Waals surface area (Å²) in [7, 11) is 0. The van der Waals surface area contributed by atoms with E-state index < -0.39 is 0 Å². The fourth-order valence-corrected chi connectivity index (χ4v) is 2.09. The van der Waals surface area contributed by atoms with Gasteiger partial charge in [0, 0.05) is 24.7 Å². The number of nitrogens with two attached hydrogens (primary N) is 1. The van der Waals surface area contributed by atoms with Crippen LogP contribution >= 0.6 is 0 Å². The van der Waals surface area contributed by atoms with Crippen LogP contribution in [-0.4, -0.2) is 29.6 Å². The van der Waals surface area contributed by atoms with Crippen LogP contribution in [0.2, 0.25) is 0 Å². The second kappa shape index (κ2) is 3.97. The molecule has 1 heterocycles. The third-order valence-electron chi connectivity index (χ3n) is 3.27. The average Bonchev–Trinajstić information content (AvgIpc) is 2.03. The van der Waals surface area contributed by atoms with Crippen molar-refractivity contribution < 1.29 is 0 Å². The van der Waals surface area contributed by atoms with E-state index in [1.165, 1.54) is 19.5 Å². The molecule has 2 nitrogen and oxygen atoms in total. The lowest BCUT2D eigenvalue weighted by Gasteiger charge is -2.43. The van der Waals surface area contributed by atoms with Crippen LogP contribution in [0.1, 0.15) is 40.5 Å². The Morgan fingerprint density at radius 2 is 2.00 bits per heavy atom. The highest BCUT2D eigenvalue weighted by atomic mass is 15.2. The van der Waals surface area contributed by atoms with Crippen LogP contribution in [0.4, 0.5) is 0 Å². The first-order valence-corrected chi connectivity index (χ1v) is 5.45. The number of nitrogens with zero attached hydrogens (tertiary/aromatic N) is 1. The summed E-state index contributed by atoms with van der Waals surface area (Å²) >= 11 is 0. The SMILES string of the molecule is CC[C@H]1CN(C(C)(C)C)CC[C@H]1N. The topological polar surface area (TPSA) is 29.3 Å². The lowest BCUT2D eigenvalue weighted by atomic mass is 9.88. The van der Waals surface area contributed by atoms with E-state index in [0.29, 0.717) is 17.5 Å². The van der Waals surface area contributed by atoms with Gasteiger partial charge in [0.2, 0.25) is 0 Å². The van der Waals surface area contributed by atoms with Crippen LogP contribution in [0.15, 0.2) is 0 Å². The lowest BCUT2D eigenvalue weighted by Crippen LogP contribution is -2.53. The van der Waals surface area contributed by atoms with Gasteiger partial charge in [0.05, 0.1) is 0 Å². The fourth-order valence-electron chi connectivity index (χ4n) is 2.09. The number of piperidine rings is 1. The monoisotopic (exact) mass is 184 g/mol. The Kier molecular flexibility index (Phi) is 3.36. The van der Waals surface area contributed by atoms with E-state index in [1.54, 1.807) is 0 Å². The maximum atomic E-state index is 6.07. The molecule has 0 bridgehead atoms. The Bertz CT molecular complexity index is 160. The highest BCUT2D eigenvalue weighted by Gasteiger charge is 2.30. The summed E-state index contributed by atoms with van der Waals surface area (Å²) in [5.74, 6) is 0.702. The molecule has 0 aliphatic carbocycles. The molecule has 2 atom stereocenters. The summed E-state index contributed by atoms with van der Waals surface area (Å²) < 4.78 is 0. The standard InChI is InChI=1S/C11H24N2/c1-5-9-8-13(11(2,3)4)7-6-10(9)12/h9-10H,5-8,12H2,1-4H3/t9-,10+/m0/s1. The molecule has 1 saturated heterocycles. The van der Waals surface area contributed by atoms with E-state index in [1.807, 2.05) is 0 Å². The van der Waals surface area contributed by atoms with E-state index in [4.69, 9.17) is 5.73 Å². The number of rotatable bonds is 1. The molecule has 1 rings (SSSR count). The molecule has 2 heteroatoms. The zero-order valence-corrected chi connectivity index (χ0v) is 9.51. The van der Waals surface area contributed by atoms with Crippen LogP contribution in [0.3, 0.4) is 0 Å². The van der Waals surface area contributed by atoms with E-state index in [9.17, 15) is 0 Å². The highest BCUT2D eigenvalue weighted by Crippen LogP contribution is 2.24. The van der Waals surface area contributed by atoms with Crippen LogP contribution in [0.5, 0.6) is 0 Å². The Hall–Kier alpha value is -0.0800. The second-order valence-corrected chi connectivity index (χ2v) is 5.24. The highest BCUT2D eigenvalue weighted by molar-refractivity contribution is 4.87. The van der Waals surface area contributed by atoms with E-state index >= 15 is 0 Å². The Labute approximate surface area is 82.5 Å². The molecule has 0 radical (unpaired) electrons. The van der Waals surface area contributed by atoms with Gasteiger partial charge in [-0.3, -0.25) is 4.90 Å². The molecule has 0 aromatic heterocycles. The first kappa shape index (κ1) is 11.0. The molecule has 0 aromatic rings. The van der Waals surface area contributed by atoms with Gasteiger partial charge < -0.3 is 5.73 Å². The minimum absolute atomic E-state index is 0.313. The summed E-state index contributed by atoms with van der Waals surface area (Å²) in [5, 5.41) is 0. The van der Waals surface area contributed by atoms with Crippen molar-refractivity contribution in [2.75, 3.05) is 13.1 Å². The van der Waals surface area contributed by atoms with Gasteiger partial charge in [-0.15, -0.1) is 0 Å². The van der Waals surface area contributed by atoms with Gasteiger partial charge in [-0.1, -0.05) is 13.3 Å². The predicted octanol–water partition coefficient (Wildman–Crippen LogP) is 1.84. The molecule has 1 fully saturated rings. The van der Waals surface area contributed by atoms with Gasteiger partial charge in [-0.2, -0.15) is 0 Å². The Balaban J connectivity index is 2.55. The van der Waals surface area contributed by atoms with Crippen molar-refractivity contribution in [3.63, 3.8) is 0 Å². The predicted molar refractivity (Wildman–Crippen MR) is 57.7 cm³/mol. The van der Waals surface area contributed by atoms with Crippen molar-refractivity contribution in [1.29, 1.82) is 0 Å². The van der Waals surface area contributed by atoms with Crippen molar-refractivity contribution in [3.05, 3.63) is 0 Å². The van der Waals surface area contributed by atoms with Crippen molar-refractivity contribution in [2.45, 2.75) is 52.1 Å². The van der Waals surface area contributed by atoms with E-state index in [0.717, 1.165) is 6.42 Å². The number of likely N-dealkylation sites (tertiary alicyclic amines) is 1. The third kappa shape index (κ3) is 2.68. The Morgan fingerprint density at radius 3 is 2.46 bits per heavy atom. The van der Waals surface area contributed by atoms with Crippen molar-refractivity contribution in [2.24, 2.45) is 11.7 Å². The van der Waals surface area contributed by atoms with Crippen molar-refractivity contribution in [3.8, 4) is 0 Å². The minimum atomic E-state index is 0.313. The molecule has 0 spiro atoms. The fraction of sp³-hybridized carbons (Fsp3) is 1.00. The summed E-state index contributed by atoms with van der Waals surface area (Å²) in [4.78, 5) is 2.56. The quantitative estimate of drug-likeness (QED) is 0.674. The lowest BCUT2D eigenvalue weighted by molar-refractivity contribution is 0.0671. The molecule has 13 heavy (non-hydrogen) atoms. The molecule has 2 N–H and O–H groups in total. The van der Waals surface area contributed by atoms with Gasteiger partial charge in [-0.25, -0.2) is 0 Å².